The van der Waals surface area contributed by atoms with Gasteiger partial charge in [0.2, 0.25) is 0 Å². The van der Waals surface area contributed by atoms with Gasteiger partial charge in [0.05, 0.1) is 11.9 Å². The molecule has 0 saturated heterocycles. The van der Waals surface area contributed by atoms with Gasteiger partial charge in [-0.3, -0.25) is 4.72 Å². The molecule has 8 heteroatoms. The maximum absolute atomic E-state index is 12.3. The average Bonchev–Trinajstić information content (AvgIpc) is 2.97. The highest BCUT2D eigenvalue weighted by atomic mass is 35.5. The first-order chi connectivity index (χ1) is 11.4. The van der Waals surface area contributed by atoms with Gasteiger partial charge in [-0.1, -0.05) is 17.7 Å². The lowest BCUT2D eigenvalue weighted by atomic mass is 10.3. The average molecular weight is 380 g/mol. The van der Waals surface area contributed by atoms with E-state index in [0.717, 1.165) is 16.3 Å². The molecule has 0 aliphatic heterocycles. The maximum Gasteiger partial charge on any atom is 0.272 e. The van der Waals surface area contributed by atoms with Crippen LogP contribution in [0.1, 0.15) is 4.88 Å². The Bertz CT molecular complexity index is 953. The number of hydrogen-bond acceptors (Lipinski definition) is 5. The second kappa shape index (κ2) is 6.80. The number of anilines is 3. The molecule has 0 amide bonds. The summed E-state index contributed by atoms with van der Waals surface area (Å²) in [5, 5.41) is 3.78. The molecule has 0 aliphatic rings. The SMILES string of the molecule is Cc1ccc(S(=O)(=O)Nc2ccc(Nc3cccc(Cl)c3)cn2)s1. The molecule has 3 aromatic rings. The number of sulfonamides is 1. The van der Waals surface area contributed by atoms with Crippen LogP contribution in [0.3, 0.4) is 0 Å². The Morgan fingerprint density at radius 3 is 2.54 bits per heavy atom. The van der Waals surface area contributed by atoms with Crippen molar-refractivity contribution in [1.29, 1.82) is 0 Å². The van der Waals surface area contributed by atoms with Crippen LogP contribution >= 0.6 is 22.9 Å². The number of benzene rings is 1. The van der Waals surface area contributed by atoms with E-state index in [4.69, 9.17) is 11.6 Å². The lowest BCUT2D eigenvalue weighted by molar-refractivity contribution is 0.603. The smallest absolute Gasteiger partial charge is 0.272 e. The molecular weight excluding hydrogens is 366 g/mol. The Morgan fingerprint density at radius 2 is 1.92 bits per heavy atom. The van der Waals surface area contributed by atoms with Gasteiger partial charge < -0.3 is 5.32 Å². The first-order valence-electron chi connectivity index (χ1n) is 7.00. The molecule has 0 atom stereocenters. The zero-order valence-electron chi connectivity index (χ0n) is 12.7. The van der Waals surface area contributed by atoms with Crippen LogP contribution in [0.2, 0.25) is 5.02 Å². The Kier molecular flexibility index (Phi) is 4.75. The normalized spacial score (nSPS) is 11.2. The van der Waals surface area contributed by atoms with Gasteiger partial charge in [0, 0.05) is 15.6 Å². The Morgan fingerprint density at radius 1 is 1.08 bits per heavy atom. The van der Waals surface area contributed by atoms with E-state index >= 15 is 0 Å². The quantitative estimate of drug-likeness (QED) is 0.676. The van der Waals surface area contributed by atoms with E-state index in [1.165, 1.54) is 11.3 Å². The summed E-state index contributed by atoms with van der Waals surface area (Å²) in [4.78, 5) is 5.07. The summed E-state index contributed by atoms with van der Waals surface area (Å²) in [7, 11) is -3.60. The van der Waals surface area contributed by atoms with Crippen molar-refractivity contribution < 1.29 is 8.42 Å². The standard InChI is InChI=1S/C16H14ClN3O2S2/c1-11-5-8-16(23-11)24(21,22)20-15-7-6-14(10-18-15)19-13-4-2-3-12(17)9-13/h2-10,19H,1H3,(H,18,20). The molecule has 24 heavy (non-hydrogen) atoms. The largest absolute Gasteiger partial charge is 0.354 e. The third-order valence-corrected chi connectivity index (χ3v) is 6.18. The van der Waals surface area contributed by atoms with Crippen LogP contribution in [-0.2, 0) is 10.0 Å². The Hall–Kier alpha value is -2.09. The van der Waals surface area contributed by atoms with Gasteiger partial charge in [-0.25, -0.2) is 13.4 Å². The molecule has 0 bridgehead atoms. The molecule has 0 saturated carbocycles. The van der Waals surface area contributed by atoms with E-state index in [0.29, 0.717) is 5.02 Å². The molecule has 1 aromatic carbocycles. The molecule has 0 unspecified atom stereocenters. The first kappa shape index (κ1) is 16.8. The maximum atomic E-state index is 12.3. The highest BCUT2D eigenvalue weighted by molar-refractivity contribution is 7.94. The summed E-state index contributed by atoms with van der Waals surface area (Å²) in [6, 6.07) is 14.0. The van der Waals surface area contributed by atoms with Gasteiger partial charge >= 0.3 is 0 Å². The lowest BCUT2D eigenvalue weighted by Crippen LogP contribution is -2.12. The van der Waals surface area contributed by atoms with Crippen molar-refractivity contribution in [2.75, 3.05) is 10.0 Å². The van der Waals surface area contributed by atoms with Crippen molar-refractivity contribution in [2.24, 2.45) is 0 Å². The summed E-state index contributed by atoms with van der Waals surface area (Å²) in [6.07, 6.45) is 1.55. The zero-order valence-corrected chi connectivity index (χ0v) is 15.0. The van der Waals surface area contributed by atoms with Crippen LogP contribution in [0.25, 0.3) is 0 Å². The van der Waals surface area contributed by atoms with Gasteiger partial charge in [-0.15, -0.1) is 11.3 Å². The number of pyridine rings is 1. The van der Waals surface area contributed by atoms with Gasteiger partial charge in [-0.05, 0) is 49.4 Å². The zero-order chi connectivity index (χ0) is 17.2. The molecule has 0 spiro atoms. The van der Waals surface area contributed by atoms with E-state index in [9.17, 15) is 8.42 Å². The number of nitrogens with one attached hydrogen (secondary N) is 2. The van der Waals surface area contributed by atoms with Crippen molar-refractivity contribution in [1.82, 2.24) is 4.98 Å². The summed E-state index contributed by atoms with van der Waals surface area (Å²) in [5.74, 6) is 0.262. The molecule has 0 aliphatic carbocycles. The van der Waals surface area contributed by atoms with Gasteiger partial charge in [-0.2, -0.15) is 0 Å². The fourth-order valence-electron chi connectivity index (χ4n) is 2.01. The molecular formula is C16H14ClN3O2S2. The van der Waals surface area contributed by atoms with Crippen LogP contribution in [0, 0.1) is 6.92 Å². The molecule has 0 radical (unpaired) electrons. The van der Waals surface area contributed by atoms with Crippen molar-refractivity contribution >= 4 is 50.2 Å². The number of rotatable bonds is 5. The van der Waals surface area contributed by atoms with Crippen LogP contribution < -0.4 is 10.0 Å². The van der Waals surface area contributed by atoms with Gasteiger partial charge in [0.1, 0.15) is 10.0 Å². The lowest BCUT2D eigenvalue weighted by Gasteiger charge is -2.08. The molecule has 2 N–H and O–H groups in total. The van der Waals surface area contributed by atoms with Crippen molar-refractivity contribution in [2.45, 2.75) is 11.1 Å². The van der Waals surface area contributed by atoms with Gasteiger partial charge in [0.15, 0.2) is 0 Å². The molecule has 124 valence electrons. The highest BCUT2D eigenvalue weighted by Gasteiger charge is 2.16. The summed E-state index contributed by atoms with van der Waals surface area (Å²) in [6.45, 7) is 1.86. The van der Waals surface area contributed by atoms with Crippen LogP contribution in [0.4, 0.5) is 17.2 Å². The molecule has 2 aromatic heterocycles. The van der Waals surface area contributed by atoms with E-state index < -0.39 is 10.0 Å². The Balaban J connectivity index is 1.73. The van der Waals surface area contributed by atoms with Crippen molar-refractivity contribution in [3.8, 4) is 0 Å². The number of aryl methyl sites for hydroxylation is 1. The highest BCUT2D eigenvalue weighted by Crippen LogP contribution is 2.24. The summed E-state index contributed by atoms with van der Waals surface area (Å²) < 4.78 is 27.3. The molecule has 0 fully saturated rings. The van der Waals surface area contributed by atoms with E-state index in [2.05, 4.69) is 15.0 Å². The summed E-state index contributed by atoms with van der Waals surface area (Å²) >= 11 is 7.15. The number of halogens is 1. The van der Waals surface area contributed by atoms with Crippen LogP contribution in [0.5, 0.6) is 0 Å². The fourth-order valence-corrected chi connectivity index (χ4v) is 4.49. The number of aromatic nitrogens is 1. The third kappa shape index (κ3) is 4.05. The van der Waals surface area contributed by atoms with Crippen LogP contribution in [0.15, 0.2) is 58.9 Å². The monoisotopic (exact) mass is 379 g/mol. The minimum Gasteiger partial charge on any atom is -0.354 e. The Labute approximate surface area is 149 Å². The number of thiophene rings is 1. The summed E-state index contributed by atoms with van der Waals surface area (Å²) in [5.41, 5.74) is 1.55. The topological polar surface area (TPSA) is 71.1 Å². The van der Waals surface area contributed by atoms with Crippen molar-refractivity contribution in [3.63, 3.8) is 0 Å². The number of nitrogens with zero attached hydrogens (tertiary/aromatic N) is 1. The second-order valence-corrected chi connectivity index (χ2v) is 8.67. The molecule has 5 nitrogen and oxygen atoms in total. The molecule has 2 heterocycles. The fraction of sp³-hybridized carbons (Fsp3) is 0.0625. The minimum atomic E-state index is -3.60. The predicted molar refractivity (Wildman–Crippen MR) is 98.8 cm³/mol. The minimum absolute atomic E-state index is 0.262. The first-order valence-corrected chi connectivity index (χ1v) is 9.68. The van der Waals surface area contributed by atoms with E-state index in [1.54, 1.807) is 42.6 Å². The van der Waals surface area contributed by atoms with Crippen molar-refractivity contribution in [3.05, 3.63) is 64.6 Å². The predicted octanol–water partition coefficient (Wildman–Crippen LogP) is 4.65. The second-order valence-electron chi connectivity index (χ2n) is 5.04. The van der Waals surface area contributed by atoms with E-state index in [1.807, 2.05) is 19.1 Å². The van der Waals surface area contributed by atoms with Crippen LogP contribution in [-0.4, -0.2) is 13.4 Å². The third-order valence-electron chi connectivity index (χ3n) is 3.10. The molecule has 3 rings (SSSR count). The van der Waals surface area contributed by atoms with Gasteiger partial charge in [0.25, 0.3) is 10.0 Å². The number of hydrogen-bond donors (Lipinski definition) is 2. The van der Waals surface area contributed by atoms with E-state index in [-0.39, 0.29) is 10.0 Å².